The van der Waals surface area contributed by atoms with Crippen LogP contribution >= 0.6 is 0 Å². The maximum atomic E-state index is 5.84. The van der Waals surface area contributed by atoms with Crippen molar-refractivity contribution in [2.45, 2.75) is 48.1 Å². The molecular formula is C26H43N2O+. The van der Waals surface area contributed by atoms with Crippen LogP contribution in [0.1, 0.15) is 52.7 Å². The summed E-state index contributed by atoms with van der Waals surface area (Å²) in [7, 11) is 8.11. The summed E-state index contributed by atoms with van der Waals surface area (Å²) in [6.45, 7) is 12.6. The molecule has 3 nitrogen and oxygen atoms in total. The second kappa shape index (κ2) is 18.8. The van der Waals surface area contributed by atoms with Crippen molar-refractivity contribution in [1.29, 1.82) is 0 Å². The summed E-state index contributed by atoms with van der Waals surface area (Å²) in [5.74, 6) is 0.881. The summed E-state index contributed by atoms with van der Waals surface area (Å²) in [6.07, 6.45) is 4.22. The summed E-state index contributed by atoms with van der Waals surface area (Å²) < 4.78 is 7.89. The van der Waals surface area contributed by atoms with Crippen LogP contribution in [-0.2, 0) is 6.61 Å². The Morgan fingerprint density at radius 2 is 1.34 bits per heavy atom. The first-order valence-electron chi connectivity index (χ1n) is 10.7. The highest BCUT2D eigenvalue weighted by Crippen LogP contribution is 2.19. The Kier molecular flexibility index (Phi) is 18.6. The number of allylic oxidation sites excluding steroid dienone is 1. The van der Waals surface area contributed by atoms with Gasteiger partial charge in [0.25, 0.3) is 0 Å². The smallest absolute Gasteiger partial charge is 0.172 e. The fourth-order valence-corrected chi connectivity index (χ4v) is 2.22. The number of hydrogen-bond acceptors (Lipinski definition) is 2. The highest BCUT2D eigenvalue weighted by molar-refractivity contribution is 6.07. The Morgan fingerprint density at radius 3 is 1.79 bits per heavy atom. The van der Waals surface area contributed by atoms with Gasteiger partial charge in [-0.05, 0) is 23.3 Å². The minimum absolute atomic E-state index is 0.588. The van der Waals surface area contributed by atoms with Gasteiger partial charge in [-0.1, -0.05) is 84.0 Å². The lowest BCUT2D eigenvalue weighted by Gasteiger charge is -2.10. The minimum atomic E-state index is 0.588. The van der Waals surface area contributed by atoms with Gasteiger partial charge in [0.05, 0.1) is 5.57 Å². The van der Waals surface area contributed by atoms with Crippen molar-refractivity contribution in [1.82, 2.24) is 4.90 Å². The number of rotatable bonds is 6. The number of nitrogens with zero attached hydrogens (tertiary/aromatic N) is 2. The van der Waals surface area contributed by atoms with Crippen LogP contribution in [0.2, 0.25) is 0 Å². The molecule has 0 aliphatic carbocycles. The van der Waals surface area contributed by atoms with Crippen LogP contribution in [0, 0.1) is 0 Å². The van der Waals surface area contributed by atoms with Gasteiger partial charge in [0, 0.05) is 20.3 Å². The van der Waals surface area contributed by atoms with Gasteiger partial charge in [-0.25, -0.2) is 4.58 Å². The van der Waals surface area contributed by atoms with E-state index in [2.05, 4.69) is 46.2 Å². The van der Waals surface area contributed by atoms with Gasteiger partial charge in [0.1, 0.15) is 26.5 Å². The maximum absolute atomic E-state index is 5.84. The molecular weight excluding hydrogens is 356 g/mol. The molecule has 0 saturated heterocycles. The van der Waals surface area contributed by atoms with Gasteiger partial charge >= 0.3 is 0 Å². The molecule has 0 N–H and O–H groups in total. The molecule has 0 aliphatic heterocycles. The molecule has 0 fully saturated rings. The second-order valence-corrected chi connectivity index (χ2v) is 5.94. The lowest BCUT2D eigenvalue weighted by Crippen LogP contribution is -2.07. The van der Waals surface area contributed by atoms with Crippen molar-refractivity contribution in [2.24, 2.45) is 0 Å². The first-order chi connectivity index (χ1) is 14.0. The number of ether oxygens (including phenoxy) is 1. The molecule has 0 aliphatic rings. The lowest BCUT2D eigenvalue weighted by molar-refractivity contribution is -0.458. The first kappa shape index (κ1) is 28.7. The zero-order chi connectivity index (χ0) is 22.7. The van der Waals surface area contributed by atoms with Crippen molar-refractivity contribution >= 4 is 11.8 Å². The molecule has 0 radical (unpaired) electrons. The standard InChI is InChI=1S/C20H25N2O.3C2H6/c1-21(2)14-19(15-22(3)4)18-10-12-20(13-11-18)23-16-17-8-6-5-7-9-17;3*1-2/h5-15H,16H2,1-4H3;3*1-2H3/q+1;;;. The summed E-state index contributed by atoms with van der Waals surface area (Å²) in [5.41, 5.74) is 3.50. The third-order valence-electron chi connectivity index (χ3n) is 3.23. The number of benzene rings is 2. The third-order valence-corrected chi connectivity index (χ3v) is 3.23. The van der Waals surface area contributed by atoms with Gasteiger partial charge in [0.15, 0.2) is 6.21 Å². The monoisotopic (exact) mass is 399 g/mol. The van der Waals surface area contributed by atoms with E-state index in [0.29, 0.717) is 6.61 Å². The molecule has 3 heteroatoms. The Hall–Kier alpha value is -2.55. The van der Waals surface area contributed by atoms with Crippen LogP contribution in [0.25, 0.3) is 5.57 Å². The van der Waals surface area contributed by atoms with E-state index >= 15 is 0 Å². The Balaban J connectivity index is 0. The zero-order valence-corrected chi connectivity index (χ0v) is 20.4. The molecule has 29 heavy (non-hydrogen) atoms. The molecule has 0 spiro atoms. The SMILES string of the molecule is CC.CC.CC.CN(C)/C=C(\C=[N+](C)C)c1ccc(OCc2ccccc2)cc1. The minimum Gasteiger partial charge on any atom is -0.489 e. The summed E-state index contributed by atoms with van der Waals surface area (Å²) in [4.78, 5) is 2.05. The van der Waals surface area contributed by atoms with Gasteiger partial charge in [-0.15, -0.1) is 0 Å². The summed E-state index contributed by atoms with van der Waals surface area (Å²) in [5, 5.41) is 0. The Bertz CT molecular complexity index is 668. The molecule has 0 amide bonds. The second-order valence-electron chi connectivity index (χ2n) is 5.94. The summed E-state index contributed by atoms with van der Waals surface area (Å²) >= 11 is 0. The largest absolute Gasteiger partial charge is 0.489 e. The van der Waals surface area contributed by atoms with E-state index in [1.807, 2.05) is 100 Å². The molecule has 2 rings (SSSR count). The van der Waals surface area contributed by atoms with Crippen LogP contribution < -0.4 is 4.74 Å². The van der Waals surface area contributed by atoms with Crippen molar-refractivity contribution in [2.75, 3.05) is 28.2 Å². The van der Waals surface area contributed by atoms with E-state index in [4.69, 9.17) is 4.74 Å². The fourth-order valence-electron chi connectivity index (χ4n) is 2.22. The van der Waals surface area contributed by atoms with E-state index < -0.39 is 0 Å². The van der Waals surface area contributed by atoms with Crippen LogP contribution in [0.4, 0.5) is 0 Å². The van der Waals surface area contributed by atoms with Crippen molar-refractivity contribution in [3.63, 3.8) is 0 Å². The van der Waals surface area contributed by atoms with Crippen LogP contribution in [0.15, 0.2) is 60.8 Å². The normalized spacial score (nSPS) is 9.38. The predicted molar refractivity (Wildman–Crippen MR) is 131 cm³/mol. The molecule has 162 valence electrons. The van der Waals surface area contributed by atoms with Gasteiger partial charge < -0.3 is 9.64 Å². The van der Waals surface area contributed by atoms with E-state index in [1.54, 1.807) is 0 Å². The first-order valence-corrected chi connectivity index (χ1v) is 10.7. The fraction of sp³-hybridized carbons (Fsp3) is 0.423. The van der Waals surface area contributed by atoms with Crippen molar-refractivity contribution in [3.8, 4) is 5.75 Å². The molecule has 0 heterocycles. The lowest BCUT2D eigenvalue weighted by atomic mass is 10.1. The molecule has 0 unspecified atom stereocenters. The van der Waals surface area contributed by atoms with E-state index in [1.165, 1.54) is 11.1 Å². The highest BCUT2D eigenvalue weighted by atomic mass is 16.5. The van der Waals surface area contributed by atoms with Gasteiger partial charge in [0.2, 0.25) is 0 Å². The Labute approximate surface area is 180 Å². The Morgan fingerprint density at radius 1 is 0.828 bits per heavy atom. The quantitative estimate of drug-likeness (QED) is 0.402. The van der Waals surface area contributed by atoms with Crippen molar-refractivity contribution < 1.29 is 9.31 Å². The van der Waals surface area contributed by atoms with Gasteiger partial charge in [-0.3, -0.25) is 0 Å². The predicted octanol–water partition coefficient (Wildman–Crippen LogP) is 6.59. The highest BCUT2D eigenvalue weighted by Gasteiger charge is 2.04. The summed E-state index contributed by atoms with van der Waals surface area (Å²) in [6, 6.07) is 18.4. The molecule has 2 aromatic rings. The molecule has 2 aromatic carbocycles. The van der Waals surface area contributed by atoms with Crippen molar-refractivity contribution in [3.05, 3.63) is 71.9 Å². The number of hydrogen-bond donors (Lipinski definition) is 0. The third kappa shape index (κ3) is 13.3. The zero-order valence-electron chi connectivity index (χ0n) is 20.4. The van der Waals surface area contributed by atoms with E-state index in [-0.39, 0.29) is 0 Å². The van der Waals surface area contributed by atoms with E-state index in [9.17, 15) is 0 Å². The van der Waals surface area contributed by atoms with Crippen LogP contribution in [0.3, 0.4) is 0 Å². The van der Waals surface area contributed by atoms with Crippen LogP contribution in [0.5, 0.6) is 5.75 Å². The molecule has 0 saturated carbocycles. The average molecular weight is 400 g/mol. The van der Waals surface area contributed by atoms with E-state index in [0.717, 1.165) is 11.3 Å². The molecule has 0 aromatic heterocycles. The molecule has 0 bridgehead atoms. The maximum Gasteiger partial charge on any atom is 0.172 e. The average Bonchev–Trinajstić information content (AvgIpc) is 2.76. The van der Waals surface area contributed by atoms with Gasteiger partial charge in [-0.2, -0.15) is 0 Å². The topological polar surface area (TPSA) is 15.5 Å². The van der Waals surface area contributed by atoms with Crippen LogP contribution in [-0.4, -0.2) is 43.9 Å². The molecule has 0 atom stereocenters.